The van der Waals surface area contributed by atoms with Crippen molar-refractivity contribution in [3.63, 3.8) is 0 Å². The Morgan fingerprint density at radius 3 is 2.41 bits per heavy atom. The fraction of sp³-hybridized carbons (Fsp3) is 0.0714. The van der Waals surface area contributed by atoms with Crippen molar-refractivity contribution >= 4 is 11.7 Å². The molecule has 0 saturated carbocycles. The van der Waals surface area contributed by atoms with Crippen LogP contribution in [0.15, 0.2) is 48.5 Å². The molecule has 0 unspecified atom stereocenters. The van der Waals surface area contributed by atoms with Crippen LogP contribution in [0.4, 0.5) is 5.69 Å². The van der Waals surface area contributed by atoms with Crippen LogP contribution in [-0.2, 0) is 4.74 Å². The van der Waals surface area contributed by atoms with Crippen molar-refractivity contribution < 1.29 is 9.53 Å². The molecule has 0 aliphatic carbocycles. The molecule has 86 valence electrons. The zero-order chi connectivity index (χ0) is 12.3. The summed E-state index contributed by atoms with van der Waals surface area (Å²) in [7, 11) is 1.37. The molecule has 0 saturated heterocycles. The Bertz CT molecular complexity index is 532. The normalized spacial score (nSPS) is 9.94. The van der Waals surface area contributed by atoms with E-state index < -0.39 is 0 Å². The number of hydrogen-bond donors (Lipinski definition) is 1. The third kappa shape index (κ3) is 2.45. The van der Waals surface area contributed by atoms with Crippen LogP contribution >= 0.6 is 0 Å². The molecular weight excluding hydrogens is 214 g/mol. The molecule has 0 atom stereocenters. The number of ether oxygens (including phenoxy) is 1. The summed E-state index contributed by atoms with van der Waals surface area (Å²) in [5, 5.41) is 0. The van der Waals surface area contributed by atoms with Crippen molar-refractivity contribution in [1.82, 2.24) is 0 Å². The summed E-state index contributed by atoms with van der Waals surface area (Å²) in [5.41, 5.74) is 8.88. The predicted octanol–water partition coefficient (Wildman–Crippen LogP) is 2.72. The monoisotopic (exact) mass is 227 g/mol. The molecule has 17 heavy (non-hydrogen) atoms. The lowest BCUT2D eigenvalue weighted by Crippen LogP contribution is -2.00. The van der Waals surface area contributed by atoms with E-state index in [0.29, 0.717) is 5.56 Å². The van der Waals surface area contributed by atoms with Gasteiger partial charge in [-0.2, -0.15) is 0 Å². The summed E-state index contributed by atoms with van der Waals surface area (Å²) < 4.78 is 4.69. The Hall–Kier alpha value is -2.29. The summed E-state index contributed by atoms with van der Waals surface area (Å²) in [5.74, 6) is -0.331. The fourth-order valence-electron chi connectivity index (χ4n) is 1.62. The van der Waals surface area contributed by atoms with Gasteiger partial charge in [0.25, 0.3) is 0 Å². The number of nitrogens with two attached hydrogens (primary N) is 1. The molecule has 2 aromatic carbocycles. The van der Waals surface area contributed by atoms with Crippen LogP contribution in [0.5, 0.6) is 0 Å². The van der Waals surface area contributed by atoms with Crippen molar-refractivity contribution in [3.05, 3.63) is 54.1 Å². The molecule has 0 heterocycles. The number of nitrogen functional groups attached to an aromatic ring is 1. The lowest BCUT2D eigenvalue weighted by Gasteiger charge is -2.04. The molecule has 0 aromatic heterocycles. The summed E-state index contributed by atoms with van der Waals surface area (Å²) in [6, 6.07) is 14.8. The van der Waals surface area contributed by atoms with Gasteiger partial charge in [-0.05, 0) is 35.4 Å². The lowest BCUT2D eigenvalue weighted by atomic mass is 10.0. The maximum Gasteiger partial charge on any atom is 0.337 e. The second-order valence-corrected chi connectivity index (χ2v) is 3.69. The highest BCUT2D eigenvalue weighted by atomic mass is 16.5. The fourth-order valence-corrected chi connectivity index (χ4v) is 1.62. The van der Waals surface area contributed by atoms with E-state index in [1.807, 2.05) is 36.4 Å². The number of benzene rings is 2. The van der Waals surface area contributed by atoms with Gasteiger partial charge in [0.05, 0.1) is 12.7 Å². The minimum atomic E-state index is -0.331. The van der Waals surface area contributed by atoms with Crippen LogP contribution in [0.2, 0.25) is 0 Å². The van der Waals surface area contributed by atoms with Crippen molar-refractivity contribution in [2.75, 3.05) is 12.8 Å². The van der Waals surface area contributed by atoms with Gasteiger partial charge in [-0.15, -0.1) is 0 Å². The largest absolute Gasteiger partial charge is 0.465 e. The Morgan fingerprint density at radius 1 is 1.06 bits per heavy atom. The minimum Gasteiger partial charge on any atom is -0.465 e. The highest BCUT2D eigenvalue weighted by Crippen LogP contribution is 2.21. The van der Waals surface area contributed by atoms with E-state index >= 15 is 0 Å². The van der Waals surface area contributed by atoms with E-state index in [1.165, 1.54) is 7.11 Å². The average Bonchev–Trinajstić information content (AvgIpc) is 2.39. The van der Waals surface area contributed by atoms with Crippen molar-refractivity contribution in [1.29, 1.82) is 0 Å². The number of carbonyl (C=O) groups excluding carboxylic acids is 1. The predicted molar refractivity (Wildman–Crippen MR) is 67.6 cm³/mol. The quantitative estimate of drug-likeness (QED) is 0.634. The molecule has 0 aliphatic heterocycles. The molecule has 2 aromatic rings. The SMILES string of the molecule is COC(=O)c1cccc(-c2ccc(N)cc2)c1. The zero-order valence-electron chi connectivity index (χ0n) is 9.51. The molecule has 2 rings (SSSR count). The van der Waals surface area contributed by atoms with E-state index in [4.69, 9.17) is 5.73 Å². The first-order valence-corrected chi connectivity index (χ1v) is 5.25. The van der Waals surface area contributed by atoms with Gasteiger partial charge in [0.15, 0.2) is 0 Å². The molecule has 0 aliphatic rings. The van der Waals surface area contributed by atoms with Crippen LogP contribution < -0.4 is 5.73 Å². The highest BCUT2D eigenvalue weighted by Gasteiger charge is 2.06. The molecular formula is C14H13NO2. The van der Waals surface area contributed by atoms with Gasteiger partial charge in [0.2, 0.25) is 0 Å². The smallest absolute Gasteiger partial charge is 0.337 e. The van der Waals surface area contributed by atoms with Gasteiger partial charge in [-0.3, -0.25) is 0 Å². The van der Waals surface area contributed by atoms with Gasteiger partial charge in [-0.25, -0.2) is 4.79 Å². The Kier molecular flexibility index (Phi) is 3.10. The number of anilines is 1. The van der Waals surface area contributed by atoms with Crippen molar-refractivity contribution in [2.45, 2.75) is 0 Å². The highest BCUT2D eigenvalue weighted by molar-refractivity contribution is 5.91. The Morgan fingerprint density at radius 2 is 1.76 bits per heavy atom. The van der Waals surface area contributed by atoms with Crippen molar-refractivity contribution in [2.24, 2.45) is 0 Å². The number of hydrogen-bond acceptors (Lipinski definition) is 3. The molecule has 0 spiro atoms. The number of rotatable bonds is 2. The van der Waals surface area contributed by atoms with Gasteiger partial charge < -0.3 is 10.5 Å². The lowest BCUT2D eigenvalue weighted by molar-refractivity contribution is 0.0601. The van der Waals surface area contributed by atoms with Gasteiger partial charge >= 0.3 is 5.97 Å². The van der Waals surface area contributed by atoms with E-state index in [-0.39, 0.29) is 5.97 Å². The first-order valence-electron chi connectivity index (χ1n) is 5.25. The van der Waals surface area contributed by atoms with Crippen molar-refractivity contribution in [3.8, 4) is 11.1 Å². The van der Waals surface area contributed by atoms with E-state index in [1.54, 1.807) is 12.1 Å². The summed E-state index contributed by atoms with van der Waals surface area (Å²) >= 11 is 0. The van der Waals surface area contributed by atoms with Gasteiger partial charge in [-0.1, -0.05) is 24.3 Å². The van der Waals surface area contributed by atoms with E-state index in [9.17, 15) is 4.79 Å². The zero-order valence-corrected chi connectivity index (χ0v) is 9.51. The van der Waals surface area contributed by atoms with E-state index in [2.05, 4.69) is 4.74 Å². The molecule has 3 heteroatoms. The summed E-state index contributed by atoms with van der Waals surface area (Å²) in [6.07, 6.45) is 0. The number of methoxy groups -OCH3 is 1. The first-order chi connectivity index (χ1) is 8.20. The molecule has 0 amide bonds. The average molecular weight is 227 g/mol. The standard InChI is InChI=1S/C14H13NO2/c1-17-14(16)12-4-2-3-11(9-12)10-5-7-13(15)8-6-10/h2-9H,15H2,1H3. The Balaban J connectivity index is 2.39. The minimum absolute atomic E-state index is 0.331. The van der Waals surface area contributed by atoms with Crippen LogP contribution in [0, 0.1) is 0 Å². The van der Waals surface area contributed by atoms with Gasteiger partial charge in [0, 0.05) is 5.69 Å². The Labute approximate surface area is 99.8 Å². The van der Waals surface area contributed by atoms with Crippen LogP contribution in [0.1, 0.15) is 10.4 Å². The maximum atomic E-state index is 11.4. The molecule has 3 nitrogen and oxygen atoms in total. The maximum absolute atomic E-state index is 11.4. The van der Waals surface area contributed by atoms with Gasteiger partial charge in [0.1, 0.15) is 0 Å². The third-order valence-electron chi connectivity index (χ3n) is 2.53. The van der Waals surface area contributed by atoms with Crippen LogP contribution in [0.3, 0.4) is 0 Å². The second kappa shape index (κ2) is 4.70. The third-order valence-corrected chi connectivity index (χ3v) is 2.53. The first kappa shape index (κ1) is 11.2. The molecule has 2 N–H and O–H groups in total. The molecule has 0 fully saturated rings. The summed E-state index contributed by atoms with van der Waals surface area (Å²) in [6.45, 7) is 0. The molecule has 0 bridgehead atoms. The summed E-state index contributed by atoms with van der Waals surface area (Å²) in [4.78, 5) is 11.4. The van der Waals surface area contributed by atoms with Crippen LogP contribution in [-0.4, -0.2) is 13.1 Å². The number of carbonyl (C=O) groups is 1. The second-order valence-electron chi connectivity index (χ2n) is 3.69. The topological polar surface area (TPSA) is 52.3 Å². The van der Waals surface area contributed by atoms with Crippen LogP contribution in [0.25, 0.3) is 11.1 Å². The number of esters is 1. The van der Waals surface area contributed by atoms with E-state index in [0.717, 1.165) is 16.8 Å². The molecule has 0 radical (unpaired) electrons.